The van der Waals surface area contributed by atoms with Gasteiger partial charge < -0.3 is 4.74 Å². The van der Waals surface area contributed by atoms with Crippen LogP contribution in [-0.2, 0) is 9.53 Å². The summed E-state index contributed by atoms with van der Waals surface area (Å²) in [6.07, 6.45) is 16.3. The summed E-state index contributed by atoms with van der Waals surface area (Å²) < 4.78 is 5.85. The van der Waals surface area contributed by atoms with Gasteiger partial charge in [-0.3, -0.25) is 4.79 Å². The van der Waals surface area contributed by atoms with Gasteiger partial charge in [0, 0.05) is 0 Å². The Morgan fingerprint density at radius 3 is 2.82 bits per heavy atom. The van der Waals surface area contributed by atoms with Crippen molar-refractivity contribution in [2.75, 3.05) is 0 Å². The zero-order valence-electron chi connectivity index (χ0n) is 14.5. The number of carbonyl (C=O) groups excluding carboxylic acids is 1. The number of ether oxygens (including phenoxy) is 1. The molecule has 0 unspecified atom stereocenters. The minimum absolute atomic E-state index is 0.00431. The van der Waals surface area contributed by atoms with Crippen molar-refractivity contribution < 1.29 is 9.53 Å². The maximum absolute atomic E-state index is 11.3. The summed E-state index contributed by atoms with van der Waals surface area (Å²) in [5, 5.41) is 0. The Balaban J connectivity index is 2.13. The van der Waals surface area contributed by atoms with Gasteiger partial charge in [-0.25, -0.2) is 0 Å². The molecule has 0 radical (unpaired) electrons. The van der Waals surface area contributed by atoms with E-state index in [-0.39, 0.29) is 11.0 Å². The topological polar surface area (TPSA) is 29.6 Å². The number of hydrogen-bond donors (Lipinski definition) is 0. The molecule has 0 aromatic carbocycles. The molecular weight excluding hydrogens is 272 g/mol. The van der Waals surface area contributed by atoms with Crippen LogP contribution in [0.4, 0.5) is 0 Å². The van der Waals surface area contributed by atoms with Gasteiger partial charge in [-0.15, -0.1) is 0 Å². The number of epoxide rings is 1. The summed E-state index contributed by atoms with van der Waals surface area (Å²) in [5.41, 5.74) is 2.41. The lowest BCUT2D eigenvalue weighted by atomic mass is 9.80. The van der Waals surface area contributed by atoms with Gasteiger partial charge in [-0.2, -0.15) is 0 Å². The molecule has 2 nitrogen and oxygen atoms in total. The summed E-state index contributed by atoms with van der Waals surface area (Å²) in [4.78, 5) is 11.3. The van der Waals surface area contributed by atoms with Crippen molar-refractivity contribution in [2.45, 2.75) is 77.9 Å². The summed E-state index contributed by atoms with van der Waals surface area (Å²) in [5.74, 6) is 0. The third-order valence-corrected chi connectivity index (χ3v) is 5.02. The summed E-state index contributed by atoms with van der Waals surface area (Å²) in [6, 6.07) is 0. The molecular formula is C20H30O2. The van der Waals surface area contributed by atoms with Crippen molar-refractivity contribution in [1.82, 2.24) is 0 Å². The summed E-state index contributed by atoms with van der Waals surface area (Å²) >= 11 is 0. The number of fused-ring (bicyclic) bond motifs is 1. The predicted molar refractivity (Wildman–Crippen MR) is 91.8 cm³/mol. The first kappa shape index (κ1) is 17.2. The lowest BCUT2D eigenvalue weighted by Gasteiger charge is -2.24. The van der Waals surface area contributed by atoms with Crippen LogP contribution in [0.25, 0.3) is 0 Å². The van der Waals surface area contributed by atoms with Gasteiger partial charge in [0.05, 0.1) is 11.7 Å². The van der Waals surface area contributed by atoms with Crippen molar-refractivity contribution in [3.8, 4) is 0 Å². The Morgan fingerprint density at radius 1 is 1.36 bits per heavy atom. The van der Waals surface area contributed by atoms with Crippen molar-refractivity contribution in [1.29, 1.82) is 0 Å². The van der Waals surface area contributed by atoms with Crippen LogP contribution in [-0.4, -0.2) is 18.0 Å². The van der Waals surface area contributed by atoms with Crippen molar-refractivity contribution in [3.05, 3.63) is 35.5 Å². The zero-order valence-corrected chi connectivity index (χ0v) is 14.5. The molecule has 3 atom stereocenters. The van der Waals surface area contributed by atoms with Crippen molar-refractivity contribution in [2.24, 2.45) is 5.41 Å². The smallest absolute Gasteiger partial charge is 0.145 e. The van der Waals surface area contributed by atoms with Gasteiger partial charge >= 0.3 is 0 Å². The lowest BCUT2D eigenvalue weighted by Crippen LogP contribution is -2.13. The maximum Gasteiger partial charge on any atom is 0.145 e. The molecule has 1 aliphatic carbocycles. The third-order valence-electron chi connectivity index (χ3n) is 5.02. The average Bonchev–Trinajstić information content (AvgIpc) is 3.08. The fraction of sp³-hybridized carbons (Fsp3) is 0.650. The normalized spacial score (nSPS) is 38.7. The molecule has 122 valence electrons. The van der Waals surface area contributed by atoms with Gasteiger partial charge in [0.1, 0.15) is 6.29 Å². The minimum atomic E-state index is -0.00431. The van der Waals surface area contributed by atoms with Crippen LogP contribution < -0.4 is 0 Å². The Kier molecular flexibility index (Phi) is 5.44. The molecule has 0 aromatic heterocycles. The molecule has 2 heteroatoms. The van der Waals surface area contributed by atoms with Crippen LogP contribution in [0.5, 0.6) is 0 Å². The highest BCUT2D eigenvalue weighted by Crippen LogP contribution is 2.44. The number of carbonyl (C=O) groups is 1. The maximum atomic E-state index is 11.3. The number of rotatable bonds is 4. The van der Waals surface area contributed by atoms with E-state index in [0.717, 1.165) is 50.4 Å². The van der Waals surface area contributed by atoms with Gasteiger partial charge in [0.15, 0.2) is 0 Å². The van der Waals surface area contributed by atoms with Crippen LogP contribution >= 0.6 is 0 Å². The van der Waals surface area contributed by atoms with E-state index in [9.17, 15) is 4.79 Å². The van der Waals surface area contributed by atoms with E-state index in [0.29, 0.717) is 6.10 Å². The zero-order chi connectivity index (χ0) is 16.2. The van der Waals surface area contributed by atoms with Crippen LogP contribution in [0.15, 0.2) is 35.5 Å². The second-order valence-corrected chi connectivity index (χ2v) is 7.64. The molecule has 0 bridgehead atoms. The highest BCUT2D eigenvalue weighted by atomic mass is 16.6. The molecule has 1 fully saturated rings. The number of aldehydes is 1. The Labute approximate surface area is 135 Å². The van der Waals surface area contributed by atoms with E-state index in [1.165, 1.54) is 5.57 Å². The molecule has 1 saturated heterocycles. The standard InChI is InChI=1S/C20H30O2/c1-16(2)7-5-11-19(3)12-6-13-20(4)18(22-20)9-8-17(15-21)10-14-19/h6-7,10,12,15,18H,5,8-9,11,13-14H2,1-4H3/b12-6-,17-10+/t18-,19+,20-/m0/s1. The third kappa shape index (κ3) is 4.67. The summed E-state index contributed by atoms with van der Waals surface area (Å²) in [6.45, 7) is 8.77. The van der Waals surface area contributed by atoms with E-state index in [1.54, 1.807) is 0 Å². The van der Waals surface area contributed by atoms with Crippen molar-refractivity contribution in [3.63, 3.8) is 0 Å². The van der Waals surface area contributed by atoms with Gasteiger partial charge in [0.2, 0.25) is 0 Å². The Morgan fingerprint density at radius 2 is 2.14 bits per heavy atom. The van der Waals surface area contributed by atoms with E-state index in [4.69, 9.17) is 4.74 Å². The lowest BCUT2D eigenvalue weighted by molar-refractivity contribution is -0.105. The Hall–Kier alpha value is -1.15. The molecule has 2 aliphatic rings. The SMILES string of the molecule is CC(C)=CCC[C@]1(C)/C=C\C[C@]2(C)O[C@H]2CC/C(C=O)=C\C1. The number of hydrogen-bond acceptors (Lipinski definition) is 2. The van der Waals surface area contributed by atoms with E-state index in [1.807, 2.05) is 0 Å². The summed E-state index contributed by atoms with van der Waals surface area (Å²) in [7, 11) is 0. The fourth-order valence-corrected chi connectivity index (χ4v) is 3.23. The second kappa shape index (κ2) is 6.95. The van der Waals surface area contributed by atoms with Crippen LogP contribution in [0, 0.1) is 5.41 Å². The van der Waals surface area contributed by atoms with Gasteiger partial charge in [-0.05, 0) is 70.3 Å². The quantitative estimate of drug-likeness (QED) is 0.408. The largest absolute Gasteiger partial charge is 0.366 e. The minimum Gasteiger partial charge on any atom is -0.366 e. The van der Waals surface area contributed by atoms with E-state index in [2.05, 4.69) is 52.0 Å². The first-order valence-electron chi connectivity index (χ1n) is 8.50. The molecule has 2 rings (SSSR count). The monoisotopic (exact) mass is 302 g/mol. The fourth-order valence-electron chi connectivity index (χ4n) is 3.23. The molecule has 0 N–H and O–H groups in total. The van der Waals surface area contributed by atoms with Crippen LogP contribution in [0.1, 0.15) is 66.2 Å². The van der Waals surface area contributed by atoms with Crippen LogP contribution in [0.2, 0.25) is 0 Å². The molecule has 1 aliphatic heterocycles. The molecule has 0 amide bonds. The highest BCUT2D eigenvalue weighted by Gasteiger charge is 2.50. The van der Waals surface area contributed by atoms with Gasteiger partial charge in [0.25, 0.3) is 0 Å². The predicted octanol–water partition coefficient (Wildman–Crippen LogP) is 5.15. The van der Waals surface area contributed by atoms with E-state index < -0.39 is 0 Å². The first-order chi connectivity index (χ1) is 10.4. The molecule has 1 heterocycles. The first-order valence-corrected chi connectivity index (χ1v) is 8.50. The highest BCUT2D eigenvalue weighted by molar-refractivity contribution is 5.73. The van der Waals surface area contributed by atoms with E-state index >= 15 is 0 Å². The second-order valence-electron chi connectivity index (χ2n) is 7.64. The Bertz CT molecular complexity index is 496. The average molecular weight is 302 g/mol. The van der Waals surface area contributed by atoms with Gasteiger partial charge in [-0.1, -0.05) is 36.8 Å². The molecule has 0 aromatic rings. The van der Waals surface area contributed by atoms with Crippen LogP contribution in [0.3, 0.4) is 0 Å². The molecule has 22 heavy (non-hydrogen) atoms. The molecule has 0 spiro atoms. The molecule has 0 saturated carbocycles. The van der Waals surface area contributed by atoms with Crippen molar-refractivity contribution >= 4 is 6.29 Å². The number of allylic oxidation sites excluding steroid dienone is 5.